The molecular formula is C28H26N6O. The van der Waals surface area contributed by atoms with Crippen molar-refractivity contribution >= 4 is 40.1 Å². The van der Waals surface area contributed by atoms with Crippen molar-refractivity contribution in [3.8, 4) is 0 Å². The highest BCUT2D eigenvalue weighted by Crippen LogP contribution is 2.28. The molecule has 0 bridgehead atoms. The molecular weight excluding hydrogens is 436 g/mol. The Morgan fingerprint density at radius 2 is 1.66 bits per heavy atom. The molecule has 0 spiro atoms. The van der Waals surface area contributed by atoms with Crippen LogP contribution in [0.15, 0.2) is 84.0 Å². The number of nitrogen functional groups attached to an aromatic ring is 1. The quantitative estimate of drug-likeness (QED) is 0.270. The number of rotatable bonds is 7. The Balaban J connectivity index is 1.48. The van der Waals surface area contributed by atoms with E-state index in [-0.39, 0.29) is 11.7 Å². The van der Waals surface area contributed by atoms with Gasteiger partial charge in [-0.25, -0.2) is 9.97 Å². The van der Waals surface area contributed by atoms with Gasteiger partial charge in [-0.2, -0.15) is 9.78 Å². The summed E-state index contributed by atoms with van der Waals surface area (Å²) in [5.74, 6) is -0.0734. The lowest BCUT2D eigenvalue weighted by atomic mass is 10.1. The van der Waals surface area contributed by atoms with Gasteiger partial charge >= 0.3 is 0 Å². The summed E-state index contributed by atoms with van der Waals surface area (Å²) >= 11 is 0. The van der Waals surface area contributed by atoms with Gasteiger partial charge in [0.1, 0.15) is 16.9 Å². The highest BCUT2D eigenvalue weighted by atomic mass is 16.1. The number of nitrogens with zero attached hydrogens (tertiary/aromatic N) is 4. The van der Waals surface area contributed by atoms with Crippen LogP contribution in [0.1, 0.15) is 33.5 Å². The van der Waals surface area contributed by atoms with E-state index in [9.17, 15) is 4.79 Å². The maximum Gasteiger partial charge on any atom is 0.257 e. The van der Waals surface area contributed by atoms with Crippen LogP contribution in [0, 0.1) is 6.92 Å². The van der Waals surface area contributed by atoms with Gasteiger partial charge in [0.15, 0.2) is 5.65 Å². The summed E-state index contributed by atoms with van der Waals surface area (Å²) in [7, 11) is 0. The lowest BCUT2D eigenvalue weighted by Crippen LogP contribution is -2.25. The van der Waals surface area contributed by atoms with E-state index in [2.05, 4.69) is 22.6 Å². The minimum atomic E-state index is -0.282. The van der Waals surface area contributed by atoms with Gasteiger partial charge in [0.05, 0.1) is 17.2 Å². The van der Waals surface area contributed by atoms with Gasteiger partial charge in [-0.1, -0.05) is 66.7 Å². The van der Waals surface area contributed by atoms with Gasteiger partial charge < -0.3 is 11.1 Å². The summed E-state index contributed by atoms with van der Waals surface area (Å²) < 4.78 is 1.50. The van der Waals surface area contributed by atoms with Gasteiger partial charge in [-0.15, -0.1) is 0 Å². The summed E-state index contributed by atoms with van der Waals surface area (Å²) in [5, 5.41) is 7.59. The molecule has 5 aromatic rings. The molecule has 0 radical (unpaired) electrons. The Kier molecular flexibility index (Phi) is 6.22. The fourth-order valence-electron chi connectivity index (χ4n) is 4.07. The van der Waals surface area contributed by atoms with E-state index in [1.54, 1.807) is 6.21 Å². The molecule has 0 saturated heterocycles. The van der Waals surface area contributed by atoms with E-state index < -0.39 is 0 Å². The van der Waals surface area contributed by atoms with E-state index in [0.717, 1.165) is 24.0 Å². The molecule has 0 aliphatic heterocycles. The number of fused-ring (bicyclic) bond motifs is 2. The highest BCUT2D eigenvalue weighted by molar-refractivity contribution is 6.10. The molecule has 1 amide bonds. The van der Waals surface area contributed by atoms with Crippen molar-refractivity contribution in [2.45, 2.75) is 19.8 Å². The molecule has 3 aromatic carbocycles. The Bertz CT molecular complexity index is 1540. The molecule has 0 atom stereocenters. The zero-order valence-corrected chi connectivity index (χ0v) is 19.5. The highest BCUT2D eigenvalue weighted by Gasteiger charge is 2.23. The number of aryl methyl sites for hydroxylation is 2. The lowest BCUT2D eigenvalue weighted by molar-refractivity contribution is 0.0955. The monoisotopic (exact) mass is 462 g/mol. The topological polar surface area (TPSA) is 98.2 Å². The molecule has 35 heavy (non-hydrogen) atoms. The smallest absolute Gasteiger partial charge is 0.257 e. The molecule has 5 rings (SSSR count). The molecule has 0 saturated carbocycles. The van der Waals surface area contributed by atoms with E-state index in [1.807, 2.05) is 73.7 Å². The van der Waals surface area contributed by atoms with Crippen LogP contribution in [0.3, 0.4) is 0 Å². The Morgan fingerprint density at radius 3 is 2.43 bits per heavy atom. The average Bonchev–Trinajstić information content (AvgIpc) is 3.15. The number of para-hydroxylation sites is 2. The second-order valence-corrected chi connectivity index (χ2v) is 8.40. The van der Waals surface area contributed by atoms with E-state index in [1.165, 1.54) is 10.2 Å². The van der Waals surface area contributed by atoms with Crippen LogP contribution in [0.25, 0.3) is 22.2 Å². The summed E-state index contributed by atoms with van der Waals surface area (Å²) in [6, 6.07) is 25.7. The molecule has 2 aromatic heterocycles. The Hall–Kier alpha value is -4.52. The molecule has 7 heteroatoms. The van der Waals surface area contributed by atoms with E-state index >= 15 is 0 Å². The van der Waals surface area contributed by atoms with Crippen molar-refractivity contribution in [1.82, 2.24) is 20.0 Å². The summed E-state index contributed by atoms with van der Waals surface area (Å²) in [6.45, 7) is 2.54. The molecule has 0 aliphatic rings. The predicted molar refractivity (Wildman–Crippen MR) is 141 cm³/mol. The molecule has 3 N–H and O–H groups in total. The third-order valence-corrected chi connectivity index (χ3v) is 5.97. The van der Waals surface area contributed by atoms with Crippen LogP contribution in [-0.4, -0.2) is 33.3 Å². The molecule has 2 heterocycles. The number of amides is 1. The third kappa shape index (κ3) is 4.61. The second kappa shape index (κ2) is 9.77. The summed E-state index contributed by atoms with van der Waals surface area (Å²) in [5.41, 5.74) is 12.3. The minimum Gasteiger partial charge on any atom is -0.383 e. The SMILES string of the molecule is Cc1ccccc1/C=N\n1c(N)c(C(=O)NCCCc2ccccc2)c2nc3ccccc3nc21. The van der Waals surface area contributed by atoms with Crippen molar-refractivity contribution in [3.63, 3.8) is 0 Å². The van der Waals surface area contributed by atoms with Gasteiger partial charge in [0.25, 0.3) is 5.91 Å². The van der Waals surface area contributed by atoms with Gasteiger partial charge in [0, 0.05) is 6.54 Å². The van der Waals surface area contributed by atoms with Gasteiger partial charge in [-0.05, 0) is 48.6 Å². The second-order valence-electron chi connectivity index (χ2n) is 8.40. The normalized spacial score (nSPS) is 11.5. The number of benzene rings is 3. The maximum absolute atomic E-state index is 13.2. The van der Waals surface area contributed by atoms with Crippen molar-refractivity contribution in [2.24, 2.45) is 5.10 Å². The van der Waals surface area contributed by atoms with Gasteiger partial charge in [-0.3, -0.25) is 4.79 Å². The van der Waals surface area contributed by atoms with Gasteiger partial charge in [0.2, 0.25) is 0 Å². The number of aromatic nitrogens is 3. The van der Waals surface area contributed by atoms with Crippen LogP contribution in [0.5, 0.6) is 0 Å². The number of carbonyl (C=O) groups excluding carboxylic acids is 1. The van der Waals surface area contributed by atoms with Crippen LogP contribution in [0.2, 0.25) is 0 Å². The maximum atomic E-state index is 13.2. The molecule has 0 fully saturated rings. The Morgan fingerprint density at radius 1 is 0.971 bits per heavy atom. The zero-order valence-electron chi connectivity index (χ0n) is 19.5. The first-order chi connectivity index (χ1) is 17.1. The standard InChI is InChI=1S/C28H26N6O/c1-19-10-5-6-14-21(19)18-31-34-26(29)24(25-27(34)33-23-16-8-7-15-22(23)32-25)28(35)30-17-9-13-20-11-3-2-4-12-20/h2-8,10-12,14-16,18H,9,13,17,29H2,1H3,(H,30,35)/b31-18-. The van der Waals surface area contributed by atoms with E-state index in [4.69, 9.17) is 15.7 Å². The number of nitrogens with one attached hydrogen (secondary N) is 1. The van der Waals surface area contributed by atoms with E-state index in [0.29, 0.717) is 34.3 Å². The number of nitrogens with two attached hydrogens (primary N) is 1. The van der Waals surface area contributed by atoms with Crippen LogP contribution < -0.4 is 11.1 Å². The predicted octanol–water partition coefficient (Wildman–Crippen LogP) is 4.72. The molecule has 0 aliphatic carbocycles. The van der Waals surface area contributed by atoms with Crippen molar-refractivity contribution in [3.05, 3.63) is 101 Å². The first kappa shape index (κ1) is 22.3. The fraction of sp³-hybridized carbons (Fsp3) is 0.143. The third-order valence-electron chi connectivity index (χ3n) is 5.97. The summed E-state index contributed by atoms with van der Waals surface area (Å²) in [6.07, 6.45) is 3.42. The minimum absolute atomic E-state index is 0.209. The fourth-order valence-corrected chi connectivity index (χ4v) is 4.07. The largest absolute Gasteiger partial charge is 0.383 e. The molecule has 7 nitrogen and oxygen atoms in total. The molecule has 174 valence electrons. The number of carbonyl (C=O) groups is 1. The average molecular weight is 463 g/mol. The first-order valence-electron chi connectivity index (χ1n) is 11.6. The Labute approximate surface area is 203 Å². The zero-order chi connectivity index (χ0) is 24.2. The number of hydrogen-bond acceptors (Lipinski definition) is 5. The summed E-state index contributed by atoms with van der Waals surface area (Å²) in [4.78, 5) is 22.7. The van der Waals surface area contributed by atoms with Crippen molar-refractivity contribution in [2.75, 3.05) is 12.3 Å². The van der Waals surface area contributed by atoms with Crippen molar-refractivity contribution in [1.29, 1.82) is 0 Å². The first-order valence-corrected chi connectivity index (χ1v) is 11.6. The lowest BCUT2D eigenvalue weighted by Gasteiger charge is -2.06. The van der Waals surface area contributed by atoms with Crippen LogP contribution >= 0.6 is 0 Å². The number of hydrogen-bond donors (Lipinski definition) is 2. The van der Waals surface area contributed by atoms with Crippen LogP contribution in [-0.2, 0) is 6.42 Å². The number of anilines is 1. The van der Waals surface area contributed by atoms with Crippen molar-refractivity contribution < 1.29 is 4.79 Å². The molecule has 0 unspecified atom stereocenters. The van der Waals surface area contributed by atoms with Crippen LogP contribution in [0.4, 0.5) is 5.82 Å².